The Balaban J connectivity index is 1.36. The Hall–Kier alpha value is -2.61. The van der Waals surface area contributed by atoms with Gasteiger partial charge in [0, 0.05) is 49.2 Å². The van der Waals surface area contributed by atoms with E-state index < -0.39 is 0 Å². The smallest absolute Gasteiger partial charge is 0.226 e. The first kappa shape index (κ1) is 14.9. The van der Waals surface area contributed by atoms with Gasteiger partial charge in [-0.3, -0.25) is 4.79 Å². The van der Waals surface area contributed by atoms with Crippen molar-refractivity contribution < 1.29 is 4.79 Å². The van der Waals surface area contributed by atoms with E-state index in [0.29, 0.717) is 5.82 Å². The van der Waals surface area contributed by atoms with E-state index in [9.17, 15) is 4.79 Å². The predicted molar refractivity (Wildman–Crippen MR) is 89.3 cm³/mol. The number of nitrogens with zero attached hydrogens (tertiary/aromatic N) is 5. The molecule has 1 N–H and O–H groups in total. The molecule has 0 aliphatic carbocycles. The molecule has 0 spiro atoms. The van der Waals surface area contributed by atoms with Crippen molar-refractivity contribution in [2.24, 2.45) is 0 Å². The van der Waals surface area contributed by atoms with Crippen molar-refractivity contribution in [3.8, 4) is 10.8 Å². The molecule has 3 aromatic rings. The zero-order valence-electron chi connectivity index (χ0n) is 12.9. The Labute approximate surface area is 142 Å². The van der Waals surface area contributed by atoms with Crippen molar-refractivity contribution in [1.82, 2.24) is 29.8 Å². The van der Waals surface area contributed by atoms with Crippen LogP contribution in [0.3, 0.4) is 0 Å². The first-order chi connectivity index (χ1) is 11.8. The lowest BCUT2D eigenvalue weighted by molar-refractivity contribution is -0.121. The van der Waals surface area contributed by atoms with Gasteiger partial charge in [0.05, 0.1) is 12.1 Å². The molecule has 1 aliphatic heterocycles. The van der Waals surface area contributed by atoms with Crippen LogP contribution in [0.15, 0.2) is 36.2 Å². The standard InChI is InChI=1S/C16H16N6OS/c23-14(20-11-2-3-13-17-6-7-22(13)9-11)8-12-10-24-16(21-12)15-18-4-1-5-19-15/h1,4-7,10-11H,2-3,8-9H2,(H,20,23)/t11-/m1/s1. The van der Waals surface area contributed by atoms with Gasteiger partial charge >= 0.3 is 0 Å². The van der Waals surface area contributed by atoms with Crippen LogP contribution in [0.5, 0.6) is 0 Å². The SMILES string of the molecule is O=C(Cc1csc(-c2ncccn2)n1)N[C@@H]1CCc2nccn2C1. The van der Waals surface area contributed by atoms with Crippen LogP contribution in [-0.2, 0) is 24.2 Å². The molecule has 7 nitrogen and oxygen atoms in total. The van der Waals surface area contributed by atoms with Crippen molar-refractivity contribution in [2.75, 3.05) is 0 Å². The molecule has 24 heavy (non-hydrogen) atoms. The Morgan fingerprint density at radius 2 is 2.17 bits per heavy atom. The molecule has 3 aromatic heterocycles. The summed E-state index contributed by atoms with van der Waals surface area (Å²) in [7, 11) is 0. The second-order valence-electron chi connectivity index (χ2n) is 5.69. The summed E-state index contributed by atoms with van der Waals surface area (Å²) in [6.07, 6.45) is 9.22. The summed E-state index contributed by atoms with van der Waals surface area (Å²) in [5, 5.41) is 5.72. The zero-order chi connectivity index (χ0) is 16.4. The maximum Gasteiger partial charge on any atom is 0.226 e. The molecule has 8 heteroatoms. The van der Waals surface area contributed by atoms with Crippen molar-refractivity contribution in [2.45, 2.75) is 31.8 Å². The molecule has 4 rings (SSSR count). The fraction of sp³-hybridized carbons (Fsp3) is 0.312. The van der Waals surface area contributed by atoms with Gasteiger partial charge in [-0.2, -0.15) is 0 Å². The zero-order valence-corrected chi connectivity index (χ0v) is 13.7. The lowest BCUT2D eigenvalue weighted by atomic mass is 10.1. The fourth-order valence-electron chi connectivity index (χ4n) is 2.83. The molecular weight excluding hydrogens is 324 g/mol. The summed E-state index contributed by atoms with van der Waals surface area (Å²) in [6, 6.07) is 1.91. The van der Waals surface area contributed by atoms with Crippen LogP contribution >= 0.6 is 11.3 Å². The van der Waals surface area contributed by atoms with Crippen LogP contribution in [0.2, 0.25) is 0 Å². The van der Waals surface area contributed by atoms with Crippen molar-refractivity contribution in [1.29, 1.82) is 0 Å². The van der Waals surface area contributed by atoms with Crippen LogP contribution in [0.4, 0.5) is 0 Å². The van der Waals surface area contributed by atoms with Gasteiger partial charge in [-0.25, -0.2) is 19.9 Å². The number of carbonyl (C=O) groups excluding carboxylic acids is 1. The number of amides is 1. The third kappa shape index (κ3) is 3.18. The van der Waals surface area contributed by atoms with E-state index >= 15 is 0 Å². The Kier molecular flexibility index (Phi) is 4.04. The minimum atomic E-state index is -0.00519. The van der Waals surface area contributed by atoms with Gasteiger partial charge in [0.1, 0.15) is 5.82 Å². The molecule has 0 saturated heterocycles. The molecule has 0 bridgehead atoms. The van der Waals surface area contributed by atoms with Crippen molar-refractivity contribution in [3.63, 3.8) is 0 Å². The van der Waals surface area contributed by atoms with Crippen LogP contribution in [0.1, 0.15) is 17.9 Å². The normalized spacial score (nSPS) is 16.6. The molecular formula is C16H16N6OS. The topological polar surface area (TPSA) is 85.6 Å². The summed E-state index contributed by atoms with van der Waals surface area (Å²) in [4.78, 5) is 29.4. The number of thiazole rings is 1. The van der Waals surface area contributed by atoms with Crippen LogP contribution in [0, 0.1) is 0 Å². The summed E-state index contributed by atoms with van der Waals surface area (Å²) in [5.41, 5.74) is 0.749. The highest BCUT2D eigenvalue weighted by atomic mass is 32.1. The van der Waals surface area contributed by atoms with Gasteiger partial charge in [0.15, 0.2) is 10.8 Å². The number of aryl methyl sites for hydroxylation is 1. The fourth-order valence-corrected chi connectivity index (χ4v) is 3.59. The largest absolute Gasteiger partial charge is 0.351 e. The number of hydrogen-bond acceptors (Lipinski definition) is 6. The van der Waals surface area contributed by atoms with Crippen molar-refractivity contribution in [3.05, 3.63) is 47.8 Å². The van der Waals surface area contributed by atoms with Gasteiger partial charge in [0.25, 0.3) is 0 Å². The quantitative estimate of drug-likeness (QED) is 0.777. The van der Waals surface area contributed by atoms with E-state index in [2.05, 4.69) is 29.8 Å². The molecule has 0 fully saturated rings. The summed E-state index contributed by atoms with van der Waals surface area (Å²) < 4.78 is 2.10. The number of carbonyl (C=O) groups is 1. The van der Waals surface area contributed by atoms with E-state index in [4.69, 9.17) is 0 Å². The molecule has 0 unspecified atom stereocenters. The summed E-state index contributed by atoms with van der Waals surface area (Å²) in [5.74, 6) is 1.68. The van der Waals surface area contributed by atoms with E-state index in [1.54, 1.807) is 18.5 Å². The van der Waals surface area contributed by atoms with E-state index in [-0.39, 0.29) is 18.4 Å². The number of fused-ring (bicyclic) bond motifs is 1. The number of rotatable bonds is 4. The van der Waals surface area contributed by atoms with Gasteiger partial charge in [0.2, 0.25) is 5.91 Å². The van der Waals surface area contributed by atoms with E-state index in [1.807, 2.05) is 17.8 Å². The maximum atomic E-state index is 12.3. The van der Waals surface area contributed by atoms with Gasteiger partial charge in [-0.15, -0.1) is 11.3 Å². The maximum absolute atomic E-state index is 12.3. The third-order valence-corrected chi connectivity index (χ3v) is 4.84. The van der Waals surface area contributed by atoms with Crippen LogP contribution < -0.4 is 5.32 Å². The summed E-state index contributed by atoms with van der Waals surface area (Å²) in [6.45, 7) is 0.779. The summed E-state index contributed by atoms with van der Waals surface area (Å²) >= 11 is 1.45. The molecule has 122 valence electrons. The highest BCUT2D eigenvalue weighted by Gasteiger charge is 2.20. The Morgan fingerprint density at radius 1 is 1.29 bits per heavy atom. The monoisotopic (exact) mass is 340 g/mol. The molecule has 1 amide bonds. The molecule has 0 saturated carbocycles. The van der Waals surface area contributed by atoms with Gasteiger partial charge in [-0.1, -0.05) is 0 Å². The average molecular weight is 340 g/mol. The lowest BCUT2D eigenvalue weighted by Gasteiger charge is -2.24. The second-order valence-corrected chi connectivity index (χ2v) is 6.55. The third-order valence-electron chi connectivity index (χ3n) is 3.95. The Bertz CT molecular complexity index is 843. The van der Waals surface area contributed by atoms with Crippen LogP contribution in [-0.4, -0.2) is 36.5 Å². The minimum absolute atomic E-state index is 0.00519. The first-order valence-electron chi connectivity index (χ1n) is 7.79. The molecule has 1 atom stereocenters. The first-order valence-corrected chi connectivity index (χ1v) is 8.67. The second kappa shape index (κ2) is 6.48. The van der Waals surface area contributed by atoms with Gasteiger partial charge in [-0.05, 0) is 12.5 Å². The highest BCUT2D eigenvalue weighted by Crippen LogP contribution is 2.20. The van der Waals surface area contributed by atoms with E-state index in [1.165, 1.54) is 11.3 Å². The Morgan fingerprint density at radius 3 is 3.04 bits per heavy atom. The number of hydrogen-bond donors (Lipinski definition) is 1. The number of aromatic nitrogens is 5. The molecule has 0 radical (unpaired) electrons. The minimum Gasteiger partial charge on any atom is -0.351 e. The highest BCUT2D eigenvalue weighted by molar-refractivity contribution is 7.13. The van der Waals surface area contributed by atoms with Crippen LogP contribution in [0.25, 0.3) is 10.8 Å². The average Bonchev–Trinajstić information content (AvgIpc) is 3.24. The molecule has 4 heterocycles. The van der Waals surface area contributed by atoms with Gasteiger partial charge < -0.3 is 9.88 Å². The van der Waals surface area contributed by atoms with Crippen molar-refractivity contribution >= 4 is 17.2 Å². The molecule has 0 aromatic carbocycles. The number of imidazole rings is 1. The van der Waals surface area contributed by atoms with E-state index in [0.717, 1.165) is 35.9 Å². The molecule has 1 aliphatic rings. The number of nitrogens with one attached hydrogen (secondary N) is 1. The predicted octanol–water partition coefficient (Wildman–Crippen LogP) is 1.47. The lowest BCUT2D eigenvalue weighted by Crippen LogP contribution is -2.41.